The Hall–Kier alpha value is 1.05. The second-order valence-electron chi connectivity index (χ2n) is 0.346. The van der Waals surface area contributed by atoms with E-state index in [0.29, 0.717) is 0 Å². The molecule has 0 amide bonds. The van der Waals surface area contributed by atoms with Gasteiger partial charge in [-0.15, -0.1) is 0 Å². The summed E-state index contributed by atoms with van der Waals surface area (Å²) in [5, 5.41) is 21.5. The zero-order valence-electron chi connectivity index (χ0n) is 4.25. The molecule has 3 N–H and O–H groups in total. The molecule has 0 saturated carbocycles. The van der Waals surface area contributed by atoms with Crippen LogP contribution >= 0.6 is 0 Å². The van der Waals surface area contributed by atoms with Gasteiger partial charge < -0.3 is 16.5 Å². The fourth-order valence-electron chi connectivity index (χ4n) is 0. The summed E-state index contributed by atoms with van der Waals surface area (Å²) in [6.07, 6.45) is 0. The molecule has 6 heteroatoms. The molecular formula is H4BCoLiO3. The van der Waals surface area contributed by atoms with Crippen molar-refractivity contribution in [1.82, 2.24) is 0 Å². The van der Waals surface area contributed by atoms with Gasteiger partial charge in [0.15, 0.2) is 0 Å². The van der Waals surface area contributed by atoms with Gasteiger partial charge in [-0.3, -0.25) is 0 Å². The molecule has 0 aliphatic carbocycles. The quantitative estimate of drug-likeness (QED) is 0.287. The molecule has 0 fully saturated rings. The van der Waals surface area contributed by atoms with E-state index in [1.807, 2.05) is 0 Å². The van der Waals surface area contributed by atoms with Gasteiger partial charge in [0.1, 0.15) is 0 Å². The minimum atomic E-state index is -2.17. The maximum atomic E-state index is 7.17. The topological polar surface area (TPSA) is 60.7 Å². The van der Waals surface area contributed by atoms with E-state index in [-0.39, 0.29) is 37.1 Å². The first-order chi connectivity index (χ1) is 1.73. The van der Waals surface area contributed by atoms with Gasteiger partial charge in [0.2, 0.25) is 0 Å². The van der Waals surface area contributed by atoms with Crippen molar-refractivity contribution in [3.63, 3.8) is 0 Å². The summed E-state index contributed by atoms with van der Waals surface area (Å²) in [6, 6.07) is 0. The first kappa shape index (κ1) is 15.7. The van der Waals surface area contributed by atoms with Crippen LogP contribution in [0.1, 0.15) is 1.43 Å². The van der Waals surface area contributed by atoms with Crippen LogP contribution in [0, 0.1) is 0 Å². The van der Waals surface area contributed by atoms with Crippen molar-refractivity contribution in [2.24, 2.45) is 0 Å². The third-order valence-electron chi connectivity index (χ3n) is 0. The number of hydrogen-bond acceptors (Lipinski definition) is 3. The van der Waals surface area contributed by atoms with Crippen LogP contribution in [0.25, 0.3) is 0 Å². The minimum absolute atomic E-state index is 0. The van der Waals surface area contributed by atoms with Crippen LogP contribution in [0.15, 0.2) is 0 Å². The number of rotatable bonds is 0. The standard InChI is InChI=1S/BH3O3.Co.Li.H/c2-1(3)4;;;/h2-4H;;;/q;;+1;-1. The van der Waals surface area contributed by atoms with E-state index >= 15 is 0 Å². The van der Waals surface area contributed by atoms with Crippen molar-refractivity contribution in [2.75, 3.05) is 0 Å². The predicted octanol–water partition coefficient (Wildman–Crippen LogP) is -4.94. The van der Waals surface area contributed by atoms with Crippen LogP contribution < -0.4 is 18.9 Å². The summed E-state index contributed by atoms with van der Waals surface area (Å²) in [4.78, 5) is 0. The van der Waals surface area contributed by atoms with Gasteiger partial charge in [-0.25, -0.2) is 0 Å². The van der Waals surface area contributed by atoms with Crippen molar-refractivity contribution in [1.29, 1.82) is 0 Å². The molecule has 6 heavy (non-hydrogen) atoms. The summed E-state index contributed by atoms with van der Waals surface area (Å²) in [5.41, 5.74) is 0. The summed E-state index contributed by atoms with van der Waals surface area (Å²) >= 11 is 0. The van der Waals surface area contributed by atoms with Gasteiger partial charge in [-0.2, -0.15) is 0 Å². The van der Waals surface area contributed by atoms with Crippen molar-refractivity contribution in [3.8, 4) is 0 Å². The molecule has 0 aliphatic heterocycles. The van der Waals surface area contributed by atoms with Crippen LogP contribution in [0.2, 0.25) is 0 Å². The Morgan fingerprint density at radius 2 is 1.17 bits per heavy atom. The van der Waals surface area contributed by atoms with Crippen molar-refractivity contribution < 1.29 is 52.1 Å². The van der Waals surface area contributed by atoms with Gasteiger partial charge in [-0.05, 0) is 0 Å². The normalized spacial score (nSPS) is 4.50. The van der Waals surface area contributed by atoms with E-state index in [4.69, 9.17) is 15.1 Å². The van der Waals surface area contributed by atoms with E-state index in [1.165, 1.54) is 0 Å². The molecule has 0 spiro atoms. The maximum Gasteiger partial charge on any atom is 1.00 e. The molecule has 0 atom stereocenters. The molecule has 0 unspecified atom stereocenters. The minimum Gasteiger partial charge on any atom is -1.00 e. The van der Waals surface area contributed by atoms with Crippen LogP contribution in [-0.2, 0) is 16.8 Å². The summed E-state index contributed by atoms with van der Waals surface area (Å²) in [5.74, 6) is 0. The Bertz CT molecular complexity index is 19.7. The molecule has 0 rings (SSSR count). The van der Waals surface area contributed by atoms with Gasteiger partial charge >= 0.3 is 26.2 Å². The summed E-state index contributed by atoms with van der Waals surface area (Å²) in [6.45, 7) is 0. The Morgan fingerprint density at radius 1 is 1.17 bits per heavy atom. The second-order valence-corrected chi connectivity index (χ2v) is 0.346. The molecule has 0 aromatic heterocycles. The monoisotopic (exact) mass is 129 g/mol. The SMILES string of the molecule is OB(O)O.[Co].[H-].[Li+]. The molecule has 0 bridgehead atoms. The van der Waals surface area contributed by atoms with Crippen LogP contribution in [0.3, 0.4) is 0 Å². The summed E-state index contributed by atoms with van der Waals surface area (Å²) < 4.78 is 0. The molecule has 0 heterocycles. The summed E-state index contributed by atoms with van der Waals surface area (Å²) in [7, 11) is -2.17. The average Bonchev–Trinajstić information content (AvgIpc) is 0.811. The van der Waals surface area contributed by atoms with E-state index in [2.05, 4.69) is 0 Å². The third kappa shape index (κ3) is 75.2. The van der Waals surface area contributed by atoms with Crippen LogP contribution in [-0.4, -0.2) is 22.4 Å². The molecule has 0 aromatic carbocycles. The van der Waals surface area contributed by atoms with E-state index in [9.17, 15) is 0 Å². The molecule has 0 saturated heterocycles. The van der Waals surface area contributed by atoms with Gasteiger partial charge in [-0.1, -0.05) is 0 Å². The average molecular weight is 129 g/mol. The van der Waals surface area contributed by atoms with Crippen molar-refractivity contribution >= 4 is 7.32 Å². The second kappa shape index (κ2) is 9.41. The Balaban J connectivity index is -0.0000000150. The molecule has 3 nitrogen and oxygen atoms in total. The Morgan fingerprint density at radius 3 is 1.17 bits per heavy atom. The maximum absolute atomic E-state index is 7.17. The predicted molar refractivity (Wildman–Crippen MR) is 13.5 cm³/mol. The molecule has 0 aliphatic rings. The van der Waals surface area contributed by atoms with Crippen LogP contribution in [0.5, 0.6) is 0 Å². The van der Waals surface area contributed by atoms with E-state index in [0.717, 1.165) is 0 Å². The smallest absolute Gasteiger partial charge is 1.00 e. The van der Waals surface area contributed by atoms with Gasteiger partial charge in [0, 0.05) is 16.8 Å². The van der Waals surface area contributed by atoms with E-state index < -0.39 is 7.32 Å². The van der Waals surface area contributed by atoms with Crippen molar-refractivity contribution in [3.05, 3.63) is 0 Å². The zero-order valence-corrected chi connectivity index (χ0v) is 4.29. The molecule has 1 radical (unpaired) electrons. The van der Waals surface area contributed by atoms with Crippen LogP contribution in [0.4, 0.5) is 0 Å². The molecular weight excluding hydrogens is 125 g/mol. The molecule has 0 aromatic rings. The number of hydrogen-bond donors (Lipinski definition) is 3. The largest absolute Gasteiger partial charge is 1.00 e. The Kier molecular flexibility index (Phi) is 24.7. The first-order valence-electron chi connectivity index (χ1n) is 0.775. The van der Waals surface area contributed by atoms with E-state index in [1.54, 1.807) is 0 Å². The molecule has 35 valence electrons. The first-order valence-corrected chi connectivity index (χ1v) is 0.775. The fraction of sp³-hybridized carbons (Fsp3) is 0. The Labute approximate surface area is 59.8 Å². The third-order valence-corrected chi connectivity index (χ3v) is 0. The van der Waals surface area contributed by atoms with Gasteiger partial charge in [0.25, 0.3) is 0 Å². The van der Waals surface area contributed by atoms with Crippen molar-refractivity contribution in [2.45, 2.75) is 0 Å². The zero-order chi connectivity index (χ0) is 3.58. The fourth-order valence-corrected chi connectivity index (χ4v) is 0. The van der Waals surface area contributed by atoms with Gasteiger partial charge in [0.05, 0.1) is 0 Å².